The van der Waals surface area contributed by atoms with Gasteiger partial charge < -0.3 is 5.32 Å². The van der Waals surface area contributed by atoms with Gasteiger partial charge >= 0.3 is 0 Å². The van der Waals surface area contributed by atoms with Crippen molar-refractivity contribution in [3.05, 3.63) is 94.8 Å². The molecule has 30 heavy (non-hydrogen) atoms. The summed E-state index contributed by atoms with van der Waals surface area (Å²) in [6, 6.07) is 21.9. The van der Waals surface area contributed by atoms with Gasteiger partial charge in [0, 0.05) is 11.3 Å². The van der Waals surface area contributed by atoms with Crippen LogP contribution in [0.1, 0.15) is 32.9 Å². The molecule has 0 fully saturated rings. The molecule has 0 aliphatic rings. The van der Waals surface area contributed by atoms with Gasteiger partial charge in [-0.3, -0.25) is 4.79 Å². The second-order valence-corrected chi connectivity index (χ2v) is 7.65. The third kappa shape index (κ3) is 4.01. The summed E-state index contributed by atoms with van der Waals surface area (Å²) in [5.41, 5.74) is 7.00. The average molecular weight is 396 g/mol. The SMILES string of the molecule is Cc1ccc(NC(=O)c2nc(-c3ccc(C)cc3)n(-c3cc(C)ccc3C)n2)cc1. The number of hydrogen-bond donors (Lipinski definition) is 1. The fraction of sp³-hybridized carbons (Fsp3) is 0.160. The van der Waals surface area contributed by atoms with Gasteiger partial charge in [0.1, 0.15) is 0 Å². The molecule has 1 aromatic heterocycles. The molecule has 0 saturated heterocycles. The molecule has 0 bridgehead atoms. The topological polar surface area (TPSA) is 59.8 Å². The molecule has 1 amide bonds. The Morgan fingerprint density at radius 2 is 1.40 bits per heavy atom. The summed E-state index contributed by atoms with van der Waals surface area (Å²) in [5.74, 6) is 0.432. The number of nitrogens with zero attached hydrogens (tertiary/aromatic N) is 3. The molecule has 0 aliphatic heterocycles. The first kappa shape index (κ1) is 19.6. The summed E-state index contributed by atoms with van der Waals surface area (Å²) in [7, 11) is 0. The Labute approximate surface area is 176 Å². The van der Waals surface area contributed by atoms with E-state index >= 15 is 0 Å². The predicted molar refractivity (Wildman–Crippen MR) is 120 cm³/mol. The predicted octanol–water partition coefficient (Wildman–Crippen LogP) is 5.42. The number of hydrogen-bond acceptors (Lipinski definition) is 3. The Bertz CT molecular complexity index is 1210. The molecule has 0 radical (unpaired) electrons. The van der Waals surface area contributed by atoms with Crippen molar-refractivity contribution in [2.75, 3.05) is 5.32 Å². The third-order valence-corrected chi connectivity index (χ3v) is 5.02. The maximum Gasteiger partial charge on any atom is 0.295 e. The first-order valence-electron chi connectivity index (χ1n) is 9.90. The van der Waals surface area contributed by atoms with Crippen LogP contribution < -0.4 is 5.32 Å². The number of carbonyl (C=O) groups excluding carboxylic acids is 1. The first-order chi connectivity index (χ1) is 14.4. The van der Waals surface area contributed by atoms with Crippen molar-refractivity contribution in [2.24, 2.45) is 0 Å². The summed E-state index contributed by atoms with van der Waals surface area (Å²) < 4.78 is 1.76. The van der Waals surface area contributed by atoms with Crippen LogP contribution in [0, 0.1) is 27.7 Å². The minimum Gasteiger partial charge on any atom is -0.319 e. The first-order valence-corrected chi connectivity index (χ1v) is 9.90. The van der Waals surface area contributed by atoms with E-state index in [0.29, 0.717) is 11.5 Å². The number of carbonyl (C=O) groups is 1. The van der Waals surface area contributed by atoms with Crippen LogP contribution in [0.4, 0.5) is 5.69 Å². The molecule has 0 spiro atoms. The molecule has 3 aromatic carbocycles. The smallest absolute Gasteiger partial charge is 0.295 e. The van der Waals surface area contributed by atoms with E-state index in [0.717, 1.165) is 33.5 Å². The van der Waals surface area contributed by atoms with Gasteiger partial charge in [-0.1, -0.05) is 59.7 Å². The fourth-order valence-corrected chi connectivity index (χ4v) is 3.24. The molecule has 0 aliphatic carbocycles. The summed E-state index contributed by atoms with van der Waals surface area (Å²) in [6.45, 7) is 8.12. The van der Waals surface area contributed by atoms with Gasteiger partial charge in [-0.2, -0.15) is 0 Å². The van der Waals surface area contributed by atoms with Gasteiger partial charge in [0.2, 0.25) is 5.82 Å². The zero-order chi connectivity index (χ0) is 21.3. The molecule has 1 N–H and O–H groups in total. The van der Waals surface area contributed by atoms with Crippen LogP contribution in [-0.4, -0.2) is 20.7 Å². The second-order valence-electron chi connectivity index (χ2n) is 7.65. The quantitative estimate of drug-likeness (QED) is 0.501. The molecular weight excluding hydrogens is 372 g/mol. The largest absolute Gasteiger partial charge is 0.319 e. The molecular formula is C25H24N4O. The van der Waals surface area contributed by atoms with E-state index in [1.807, 2.05) is 76.2 Å². The number of aryl methyl sites for hydroxylation is 4. The Balaban J connectivity index is 1.79. The molecule has 5 nitrogen and oxygen atoms in total. The molecule has 4 aromatic rings. The maximum atomic E-state index is 12.9. The Morgan fingerprint density at radius 1 is 0.800 bits per heavy atom. The molecule has 1 heterocycles. The monoisotopic (exact) mass is 396 g/mol. The number of nitrogens with one attached hydrogen (secondary N) is 1. The van der Waals surface area contributed by atoms with Crippen molar-refractivity contribution in [2.45, 2.75) is 27.7 Å². The van der Waals surface area contributed by atoms with E-state index in [1.54, 1.807) is 4.68 Å². The number of benzene rings is 3. The maximum absolute atomic E-state index is 12.9. The Morgan fingerprint density at radius 3 is 2.07 bits per heavy atom. The van der Waals surface area contributed by atoms with Gasteiger partial charge in [0.15, 0.2) is 5.82 Å². The van der Waals surface area contributed by atoms with Crippen LogP contribution in [0.2, 0.25) is 0 Å². The highest BCUT2D eigenvalue weighted by atomic mass is 16.2. The number of anilines is 1. The van der Waals surface area contributed by atoms with E-state index in [4.69, 9.17) is 0 Å². The summed E-state index contributed by atoms with van der Waals surface area (Å²) >= 11 is 0. The number of aromatic nitrogens is 3. The molecule has 0 unspecified atom stereocenters. The number of rotatable bonds is 4. The zero-order valence-corrected chi connectivity index (χ0v) is 17.6. The van der Waals surface area contributed by atoms with E-state index in [9.17, 15) is 4.79 Å². The lowest BCUT2D eigenvalue weighted by Gasteiger charge is -2.10. The van der Waals surface area contributed by atoms with Crippen molar-refractivity contribution in [1.29, 1.82) is 0 Å². The van der Waals surface area contributed by atoms with Crippen LogP contribution in [0.5, 0.6) is 0 Å². The fourth-order valence-electron chi connectivity index (χ4n) is 3.24. The highest BCUT2D eigenvalue weighted by Crippen LogP contribution is 2.25. The van der Waals surface area contributed by atoms with Crippen molar-refractivity contribution < 1.29 is 4.79 Å². The van der Waals surface area contributed by atoms with E-state index in [1.165, 1.54) is 0 Å². The van der Waals surface area contributed by atoms with Gasteiger partial charge in [-0.25, -0.2) is 9.67 Å². The lowest BCUT2D eigenvalue weighted by molar-refractivity contribution is 0.101. The average Bonchev–Trinajstić information content (AvgIpc) is 3.17. The van der Waals surface area contributed by atoms with Gasteiger partial charge in [0.05, 0.1) is 5.69 Å². The lowest BCUT2D eigenvalue weighted by Crippen LogP contribution is -2.14. The third-order valence-electron chi connectivity index (χ3n) is 5.02. The van der Waals surface area contributed by atoms with E-state index in [-0.39, 0.29) is 11.7 Å². The highest BCUT2D eigenvalue weighted by Gasteiger charge is 2.20. The van der Waals surface area contributed by atoms with Crippen molar-refractivity contribution in [3.8, 4) is 17.1 Å². The van der Waals surface area contributed by atoms with Gasteiger partial charge in [0.25, 0.3) is 5.91 Å². The number of amides is 1. The van der Waals surface area contributed by atoms with Crippen molar-refractivity contribution in [1.82, 2.24) is 14.8 Å². The lowest BCUT2D eigenvalue weighted by atomic mass is 10.1. The molecule has 5 heteroatoms. The Hall–Kier alpha value is -3.73. The zero-order valence-electron chi connectivity index (χ0n) is 17.6. The van der Waals surface area contributed by atoms with Crippen molar-refractivity contribution >= 4 is 11.6 Å². The standard InChI is InChI=1S/C25H24N4O/c1-16-6-11-20(12-7-16)24-27-23(25(30)26-21-13-8-17(2)9-14-21)28-29(24)22-15-18(3)5-10-19(22)4/h5-15H,1-4H3,(H,26,30). The minimum atomic E-state index is -0.337. The van der Waals surface area contributed by atoms with E-state index < -0.39 is 0 Å². The van der Waals surface area contributed by atoms with E-state index in [2.05, 4.69) is 33.6 Å². The van der Waals surface area contributed by atoms with Crippen LogP contribution >= 0.6 is 0 Å². The molecule has 150 valence electrons. The Kier molecular flexibility index (Phi) is 5.19. The summed E-state index contributed by atoms with van der Waals surface area (Å²) in [4.78, 5) is 17.5. The molecule has 0 saturated carbocycles. The van der Waals surface area contributed by atoms with Crippen molar-refractivity contribution in [3.63, 3.8) is 0 Å². The van der Waals surface area contributed by atoms with Crippen LogP contribution in [0.3, 0.4) is 0 Å². The normalized spacial score (nSPS) is 10.8. The van der Waals surface area contributed by atoms with Crippen LogP contribution in [-0.2, 0) is 0 Å². The van der Waals surface area contributed by atoms with Crippen LogP contribution in [0.15, 0.2) is 66.7 Å². The summed E-state index contributed by atoms with van der Waals surface area (Å²) in [5, 5.41) is 7.48. The summed E-state index contributed by atoms with van der Waals surface area (Å²) in [6.07, 6.45) is 0. The highest BCUT2D eigenvalue weighted by molar-refractivity contribution is 6.01. The van der Waals surface area contributed by atoms with Gasteiger partial charge in [-0.15, -0.1) is 5.10 Å². The molecule has 0 atom stereocenters. The minimum absolute atomic E-state index is 0.132. The van der Waals surface area contributed by atoms with Gasteiger partial charge in [-0.05, 0) is 57.0 Å². The van der Waals surface area contributed by atoms with Crippen LogP contribution in [0.25, 0.3) is 17.1 Å². The molecule has 4 rings (SSSR count). The second kappa shape index (κ2) is 7.95.